The summed E-state index contributed by atoms with van der Waals surface area (Å²) in [5.41, 5.74) is 3.84. The normalized spacial score (nSPS) is 16.3. The van der Waals surface area contributed by atoms with Gasteiger partial charge < -0.3 is 20.3 Å². The number of halogens is 2. The van der Waals surface area contributed by atoms with Crippen molar-refractivity contribution >= 4 is 28.8 Å². The number of amides is 2. The van der Waals surface area contributed by atoms with E-state index >= 15 is 0 Å². The summed E-state index contributed by atoms with van der Waals surface area (Å²) in [6.45, 7) is 5.63. The molecule has 5 rings (SSSR count). The second-order valence-corrected chi connectivity index (χ2v) is 9.10. The number of hydrogen-bond donors (Lipinski definition) is 2. The molecule has 9 heteroatoms. The van der Waals surface area contributed by atoms with Crippen LogP contribution in [-0.2, 0) is 11.3 Å². The summed E-state index contributed by atoms with van der Waals surface area (Å²) in [5.74, 6) is -0.530. The lowest BCUT2D eigenvalue weighted by Crippen LogP contribution is -2.36. The Morgan fingerprint density at radius 2 is 1.81 bits per heavy atom. The molecule has 0 bridgehead atoms. The molecule has 3 aromatic rings. The lowest BCUT2D eigenvalue weighted by Gasteiger charge is -2.29. The molecule has 0 atom stereocenters. The highest BCUT2D eigenvalue weighted by molar-refractivity contribution is 5.99. The van der Waals surface area contributed by atoms with Crippen molar-refractivity contribution in [3.63, 3.8) is 0 Å². The summed E-state index contributed by atoms with van der Waals surface area (Å²) in [6, 6.07) is 16.2. The molecule has 2 N–H and O–H groups in total. The summed E-state index contributed by atoms with van der Waals surface area (Å²) in [4.78, 5) is 21.8. The average molecular weight is 506 g/mol. The third kappa shape index (κ3) is 6.49. The van der Waals surface area contributed by atoms with Gasteiger partial charge in [-0.15, -0.1) is 0 Å². The Hall–Kier alpha value is -3.82. The molecule has 1 fully saturated rings. The van der Waals surface area contributed by atoms with Crippen LogP contribution in [0.25, 0.3) is 5.57 Å². The van der Waals surface area contributed by atoms with Crippen LogP contribution in [0, 0.1) is 11.6 Å². The number of carbonyl (C=O) groups excluding carboxylic acids is 1. The van der Waals surface area contributed by atoms with Gasteiger partial charge in [-0.25, -0.2) is 18.6 Å². The Bertz CT molecular complexity index is 1290. The molecule has 2 aromatic carbocycles. The van der Waals surface area contributed by atoms with E-state index in [-0.39, 0.29) is 5.69 Å². The highest BCUT2D eigenvalue weighted by atomic mass is 19.1. The van der Waals surface area contributed by atoms with Crippen molar-refractivity contribution in [2.75, 3.05) is 54.9 Å². The number of carbonyl (C=O) groups is 1. The molecule has 192 valence electrons. The van der Waals surface area contributed by atoms with Gasteiger partial charge in [-0.1, -0.05) is 24.3 Å². The zero-order chi connectivity index (χ0) is 25.6. The SMILES string of the molecule is O=C(Nc1cccc(CN2CC=C(c3cccc(N4CCOCC4)n3)CC2)c1)Nc1ccc(F)cc1F. The Morgan fingerprint density at radius 1 is 0.973 bits per heavy atom. The molecule has 37 heavy (non-hydrogen) atoms. The molecule has 2 aliphatic heterocycles. The first-order chi connectivity index (χ1) is 18.0. The van der Waals surface area contributed by atoms with Gasteiger partial charge in [0, 0.05) is 44.5 Å². The lowest BCUT2D eigenvalue weighted by molar-refractivity contribution is 0.122. The minimum atomic E-state index is -0.829. The van der Waals surface area contributed by atoms with Gasteiger partial charge in [-0.3, -0.25) is 4.90 Å². The predicted molar refractivity (Wildman–Crippen MR) is 141 cm³/mol. The number of rotatable bonds is 6. The zero-order valence-corrected chi connectivity index (χ0v) is 20.4. The fourth-order valence-corrected chi connectivity index (χ4v) is 4.54. The maximum atomic E-state index is 13.8. The van der Waals surface area contributed by atoms with Crippen LogP contribution in [0.3, 0.4) is 0 Å². The van der Waals surface area contributed by atoms with Crippen molar-refractivity contribution in [2.45, 2.75) is 13.0 Å². The highest BCUT2D eigenvalue weighted by Crippen LogP contribution is 2.25. The third-order valence-corrected chi connectivity index (χ3v) is 6.46. The first-order valence-corrected chi connectivity index (χ1v) is 12.4. The van der Waals surface area contributed by atoms with E-state index in [9.17, 15) is 13.6 Å². The van der Waals surface area contributed by atoms with Crippen LogP contribution in [-0.4, -0.2) is 55.3 Å². The van der Waals surface area contributed by atoms with Gasteiger partial charge >= 0.3 is 6.03 Å². The topological polar surface area (TPSA) is 69.7 Å². The maximum Gasteiger partial charge on any atom is 0.323 e. The lowest BCUT2D eigenvalue weighted by atomic mass is 10.0. The van der Waals surface area contributed by atoms with E-state index in [0.29, 0.717) is 5.69 Å². The Balaban J connectivity index is 1.17. The molecular weight excluding hydrogens is 476 g/mol. The van der Waals surface area contributed by atoms with Crippen molar-refractivity contribution in [3.05, 3.63) is 89.6 Å². The number of hydrogen-bond acceptors (Lipinski definition) is 5. The number of aromatic nitrogens is 1. The van der Waals surface area contributed by atoms with E-state index in [1.165, 1.54) is 11.6 Å². The van der Waals surface area contributed by atoms with E-state index in [0.717, 1.165) is 81.6 Å². The standard InChI is InChI=1S/C28H29F2N5O2/c29-22-7-8-26(24(30)18-22)33-28(36)31-23-4-1-3-20(17-23)19-34-11-9-21(10-12-34)25-5-2-6-27(32-25)35-13-15-37-16-14-35/h1-9,17-18H,10-16,19H2,(H2,31,33,36). The molecular formula is C28H29F2N5O2. The smallest absolute Gasteiger partial charge is 0.323 e. The second-order valence-electron chi connectivity index (χ2n) is 9.10. The minimum absolute atomic E-state index is 0.0871. The fourth-order valence-electron chi connectivity index (χ4n) is 4.54. The quantitative estimate of drug-likeness (QED) is 0.486. The fraction of sp³-hybridized carbons (Fsp3) is 0.286. The van der Waals surface area contributed by atoms with Crippen LogP contribution in [0.2, 0.25) is 0 Å². The number of morpholine rings is 1. The molecule has 1 aromatic heterocycles. The molecule has 2 aliphatic rings. The molecule has 2 amide bonds. The van der Waals surface area contributed by atoms with Crippen LogP contribution in [0.4, 0.5) is 30.8 Å². The third-order valence-electron chi connectivity index (χ3n) is 6.46. The number of pyridine rings is 1. The zero-order valence-electron chi connectivity index (χ0n) is 20.4. The van der Waals surface area contributed by atoms with Crippen molar-refractivity contribution < 1.29 is 18.3 Å². The molecule has 1 saturated heterocycles. The summed E-state index contributed by atoms with van der Waals surface area (Å²) >= 11 is 0. The van der Waals surface area contributed by atoms with Crippen LogP contribution >= 0.6 is 0 Å². The van der Waals surface area contributed by atoms with E-state index < -0.39 is 17.7 Å². The highest BCUT2D eigenvalue weighted by Gasteiger charge is 2.17. The van der Waals surface area contributed by atoms with Gasteiger partial charge in [0.05, 0.1) is 24.6 Å². The Kier molecular flexibility index (Phi) is 7.72. The van der Waals surface area contributed by atoms with E-state index in [1.54, 1.807) is 6.07 Å². The van der Waals surface area contributed by atoms with Gasteiger partial charge in [-0.2, -0.15) is 0 Å². The second kappa shape index (κ2) is 11.5. The average Bonchev–Trinajstić information content (AvgIpc) is 2.91. The maximum absolute atomic E-state index is 13.8. The molecule has 0 saturated carbocycles. The van der Waals surface area contributed by atoms with Gasteiger partial charge in [0.1, 0.15) is 17.5 Å². The van der Waals surface area contributed by atoms with Crippen molar-refractivity contribution in [3.8, 4) is 0 Å². The van der Waals surface area contributed by atoms with Gasteiger partial charge in [0.25, 0.3) is 0 Å². The van der Waals surface area contributed by atoms with E-state index in [4.69, 9.17) is 9.72 Å². The van der Waals surface area contributed by atoms with Gasteiger partial charge in [-0.05, 0) is 54.0 Å². The van der Waals surface area contributed by atoms with Crippen LogP contribution in [0.1, 0.15) is 17.7 Å². The monoisotopic (exact) mass is 505 g/mol. The molecule has 0 radical (unpaired) electrons. The van der Waals surface area contributed by atoms with E-state index in [2.05, 4.69) is 44.7 Å². The minimum Gasteiger partial charge on any atom is -0.378 e. The number of nitrogens with zero attached hydrogens (tertiary/aromatic N) is 3. The van der Waals surface area contributed by atoms with Gasteiger partial charge in [0.15, 0.2) is 0 Å². The first-order valence-electron chi connectivity index (χ1n) is 12.4. The van der Waals surface area contributed by atoms with E-state index in [1.807, 2.05) is 18.2 Å². The first kappa shape index (κ1) is 24.9. The van der Waals surface area contributed by atoms with Gasteiger partial charge in [0.2, 0.25) is 0 Å². The summed E-state index contributed by atoms with van der Waals surface area (Å²) in [5, 5.41) is 5.12. The largest absolute Gasteiger partial charge is 0.378 e. The van der Waals surface area contributed by atoms with Crippen molar-refractivity contribution in [2.24, 2.45) is 0 Å². The van der Waals surface area contributed by atoms with Crippen LogP contribution in [0.5, 0.6) is 0 Å². The number of ether oxygens (including phenoxy) is 1. The predicted octanol–water partition coefficient (Wildman–Crippen LogP) is 5.13. The Morgan fingerprint density at radius 3 is 2.59 bits per heavy atom. The summed E-state index contributed by atoms with van der Waals surface area (Å²) < 4.78 is 32.3. The molecule has 3 heterocycles. The molecule has 7 nitrogen and oxygen atoms in total. The number of nitrogens with one attached hydrogen (secondary N) is 2. The van der Waals surface area contributed by atoms with Crippen LogP contribution < -0.4 is 15.5 Å². The number of urea groups is 1. The molecule has 0 unspecified atom stereocenters. The summed E-state index contributed by atoms with van der Waals surface area (Å²) in [6.07, 6.45) is 3.14. The summed E-state index contributed by atoms with van der Waals surface area (Å²) in [7, 11) is 0. The number of benzene rings is 2. The molecule has 0 spiro atoms. The van der Waals surface area contributed by atoms with Crippen molar-refractivity contribution in [1.82, 2.24) is 9.88 Å². The Labute approximate surface area is 214 Å². The van der Waals surface area contributed by atoms with Crippen LogP contribution in [0.15, 0.2) is 66.7 Å². The molecule has 0 aliphatic carbocycles. The number of anilines is 3. The van der Waals surface area contributed by atoms with Crippen molar-refractivity contribution in [1.29, 1.82) is 0 Å².